The summed E-state index contributed by atoms with van der Waals surface area (Å²) < 4.78 is 41.4. The monoisotopic (exact) mass is 407 g/mol. The number of carbonyl (C=O) groups is 1. The highest BCUT2D eigenvalue weighted by Gasteiger charge is 2.29. The highest BCUT2D eigenvalue weighted by atomic mass is 32.2. The van der Waals surface area contributed by atoms with Gasteiger partial charge in [0.15, 0.2) is 0 Å². The van der Waals surface area contributed by atoms with Crippen LogP contribution in [0.2, 0.25) is 0 Å². The molecule has 0 bridgehead atoms. The molecule has 0 heterocycles. The number of carbonyl (C=O) groups excluding carboxylic acids is 1. The largest absolute Gasteiger partial charge is 0.348 e. The van der Waals surface area contributed by atoms with E-state index < -0.39 is 28.5 Å². The molecule has 1 N–H and O–H groups in total. The van der Waals surface area contributed by atoms with E-state index in [0.29, 0.717) is 6.42 Å². The van der Waals surface area contributed by atoms with Gasteiger partial charge in [-0.2, -0.15) is 12.7 Å². The third-order valence-electron chi connectivity index (χ3n) is 4.37. The van der Waals surface area contributed by atoms with Crippen molar-refractivity contribution in [1.82, 2.24) is 9.62 Å². The van der Waals surface area contributed by atoms with Crippen molar-refractivity contribution >= 4 is 21.8 Å². The van der Waals surface area contributed by atoms with Crippen LogP contribution in [-0.2, 0) is 15.0 Å². The second-order valence-corrected chi connectivity index (χ2v) is 8.75. The number of nitrogens with zero attached hydrogens (tertiary/aromatic N) is 2. The minimum absolute atomic E-state index is 0.172. The first-order valence-electron chi connectivity index (χ1n) is 8.97. The van der Waals surface area contributed by atoms with Gasteiger partial charge in [0.25, 0.3) is 0 Å². The Morgan fingerprint density at radius 1 is 1.11 bits per heavy atom. The first-order chi connectivity index (χ1) is 13.2. The van der Waals surface area contributed by atoms with E-state index in [1.54, 1.807) is 0 Å². The number of halogens is 1. The van der Waals surface area contributed by atoms with Crippen LogP contribution in [0.3, 0.4) is 0 Å². The van der Waals surface area contributed by atoms with E-state index >= 15 is 0 Å². The van der Waals surface area contributed by atoms with E-state index in [1.807, 2.05) is 38.1 Å². The zero-order valence-corrected chi connectivity index (χ0v) is 17.3. The number of para-hydroxylation sites is 1. The summed E-state index contributed by atoms with van der Waals surface area (Å²) in [5.74, 6) is -1.23. The Balaban J connectivity index is 2.27. The molecule has 0 saturated heterocycles. The molecule has 28 heavy (non-hydrogen) atoms. The zero-order valence-electron chi connectivity index (χ0n) is 16.5. The van der Waals surface area contributed by atoms with Gasteiger partial charge in [0.05, 0.1) is 11.7 Å². The lowest BCUT2D eigenvalue weighted by Gasteiger charge is -2.28. The minimum Gasteiger partial charge on any atom is -0.348 e. The van der Waals surface area contributed by atoms with Crippen molar-refractivity contribution in [3.05, 3.63) is 65.5 Å². The van der Waals surface area contributed by atoms with Gasteiger partial charge in [0, 0.05) is 14.1 Å². The van der Waals surface area contributed by atoms with E-state index in [0.717, 1.165) is 25.8 Å². The zero-order chi connectivity index (χ0) is 20.9. The molecule has 1 amide bonds. The second-order valence-electron chi connectivity index (χ2n) is 6.69. The highest BCUT2D eigenvalue weighted by Crippen LogP contribution is 2.23. The van der Waals surface area contributed by atoms with Crippen molar-refractivity contribution in [2.45, 2.75) is 26.3 Å². The van der Waals surface area contributed by atoms with Gasteiger partial charge in [-0.1, -0.05) is 48.9 Å². The van der Waals surface area contributed by atoms with Gasteiger partial charge in [0.1, 0.15) is 12.4 Å². The van der Waals surface area contributed by atoms with Crippen molar-refractivity contribution in [3.8, 4) is 0 Å². The number of amides is 1. The number of aryl methyl sites for hydroxylation is 1. The van der Waals surface area contributed by atoms with Crippen molar-refractivity contribution in [2.75, 3.05) is 24.9 Å². The van der Waals surface area contributed by atoms with Gasteiger partial charge in [0.2, 0.25) is 5.91 Å². The molecule has 2 aromatic carbocycles. The molecular formula is C20H26FN3O3S. The number of hydrogen-bond donors (Lipinski definition) is 1. The summed E-state index contributed by atoms with van der Waals surface area (Å²) in [7, 11) is -1.39. The molecule has 0 spiro atoms. The number of nitrogens with one attached hydrogen (secondary N) is 1. The maximum Gasteiger partial charge on any atom is 0.304 e. The predicted octanol–water partition coefficient (Wildman–Crippen LogP) is 3.01. The van der Waals surface area contributed by atoms with Gasteiger partial charge in [-0.25, -0.2) is 8.70 Å². The number of benzene rings is 2. The van der Waals surface area contributed by atoms with Gasteiger partial charge in [-0.3, -0.25) is 4.79 Å². The van der Waals surface area contributed by atoms with Gasteiger partial charge >= 0.3 is 10.2 Å². The maximum atomic E-state index is 14.3. The second kappa shape index (κ2) is 9.16. The fourth-order valence-electron chi connectivity index (χ4n) is 2.73. The molecule has 2 aromatic rings. The minimum atomic E-state index is -4.06. The van der Waals surface area contributed by atoms with Gasteiger partial charge < -0.3 is 5.32 Å². The van der Waals surface area contributed by atoms with Crippen LogP contribution in [0.5, 0.6) is 0 Å². The molecule has 0 aliphatic rings. The summed E-state index contributed by atoms with van der Waals surface area (Å²) >= 11 is 0. The van der Waals surface area contributed by atoms with Crippen LogP contribution < -0.4 is 9.62 Å². The summed E-state index contributed by atoms with van der Waals surface area (Å²) in [5, 5.41) is 2.85. The highest BCUT2D eigenvalue weighted by molar-refractivity contribution is 7.90. The topological polar surface area (TPSA) is 69.7 Å². The number of anilines is 1. The molecule has 1 unspecified atom stereocenters. The molecule has 0 aliphatic carbocycles. The summed E-state index contributed by atoms with van der Waals surface area (Å²) in [5.41, 5.74) is 1.86. The van der Waals surface area contributed by atoms with Crippen LogP contribution >= 0.6 is 0 Å². The molecule has 2 rings (SSSR count). The molecule has 0 aliphatic heterocycles. The van der Waals surface area contributed by atoms with Crippen molar-refractivity contribution < 1.29 is 17.6 Å². The average Bonchev–Trinajstić information content (AvgIpc) is 2.65. The summed E-state index contributed by atoms with van der Waals surface area (Å²) in [6, 6.07) is 13.0. The van der Waals surface area contributed by atoms with Crippen molar-refractivity contribution in [2.24, 2.45) is 0 Å². The normalized spacial score (nSPS) is 12.6. The smallest absolute Gasteiger partial charge is 0.304 e. The van der Waals surface area contributed by atoms with Crippen molar-refractivity contribution in [3.63, 3.8) is 0 Å². The Morgan fingerprint density at radius 2 is 1.71 bits per heavy atom. The first-order valence-corrected chi connectivity index (χ1v) is 10.4. The SMILES string of the molecule is CCC(NC(=O)CN(c1ccccc1F)S(=O)(=O)N(C)C)c1ccc(C)cc1. The van der Waals surface area contributed by atoms with Crippen LogP contribution in [0.25, 0.3) is 0 Å². The average molecular weight is 408 g/mol. The number of hydrogen-bond acceptors (Lipinski definition) is 3. The lowest BCUT2D eigenvalue weighted by molar-refractivity contribution is -0.120. The molecule has 0 saturated carbocycles. The third-order valence-corrected chi connectivity index (χ3v) is 6.18. The van der Waals surface area contributed by atoms with Gasteiger partial charge in [-0.15, -0.1) is 0 Å². The number of rotatable bonds is 8. The van der Waals surface area contributed by atoms with Crippen LogP contribution in [0, 0.1) is 12.7 Å². The third kappa shape index (κ3) is 5.08. The summed E-state index contributed by atoms with van der Waals surface area (Å²) in [6.45, 7) is 3.38. The van der Waals surface area contributed by atoms with Crippen LogP contribution in [-0.4, -0.2) is 39.3 Å². The lowest BCUT2D eigenvalue weighted by Crippen LogP contribution is -2.46. The van der Waals surface area contributed by atoms with Gasteiger partial charge in [-0.05, 0) is 31.0 Å². The van der Waals surface area contributed by atoms with E-state index in [1.165, 1.54) is 32.3 Å². The Bertz CT molecular complexity index is 915. The van der Waals surface area contributed by atoms with Crippen LogP contribution in [0.4, 0.5) is 10.1 Å². The lowest BCUT2D eigenvalue weighted by atomic mass is 10.0. The molecule has 0 aromatic heterocycles. The molecule has 152 valence electrons. The molecule has 8 heteroatoms. The van der Waals surface area contributed by atoms with Crippen molar-refractivity contribution in [1.29, 1.82) is 0 Å². The Morgan fingerprint density at radius 3 is 2.25 bits per heavy atom. The molecule has 6 nitrogen and oxygen atoms in total. The quantitative estimate of drug-likeness (QED) is 0.731. The molecule has 1 atom stereocenters. The summed E-state index contributed by atoms with van der Waals surface area (Å²) in [4.78, 5) is 12.7. The molecule has 0 fully saturated rings. The Labute approximate surface area is 166 Å². The van der Waals surface area contributed by atoms with E-state index in [4.69, 9.17) is 0 Å². The fraction of sp³-hybridized carbons (Fsp3) is 0.350. The fourth-order valence-corrected chi connectivity index (χ4v) is 3.80. The first kappa shape index (κ1) is 21.8. The predicted molar refractivity (Wildman–Crippen MR) is 109 cm³/mol. The van der Waals surface area contributed by atoms with Crippen LogP contribution in [0.1, 0.15) is 30.5 Å². The maximum absolute atomic E-state index is 14.3. The summed E-state index contributed by atoms with van der Waals surface area (Å²) in [6.07, 6.45) is 0.634. The van der Waals surface area contributed by atoms with Crippen LogP contribution in [0.15, 0.2) is 48.5 Å². The standard InChI is InChI=1S/C20H26FN3O3S/c1-5-18(16-12-10-15(2)11-13-16)22-20(25)14-24(28(26,27)23(3)4)19-9-7-6-8-17(19)21/h6-13,18H,5,14H2,1-4H3,(H,22,25). The van der Waals surface area contributed by atoms with E-state index in [-0.39, 0.29) is 11.7 Å². The molecular weight excluding hydrogens is 381 g/mol. The Hall–Kier alpha value is -2.45. The van der Waals surface area contributed by atoms with E-state index in [9.17, 15) is 17.6 Å². The Kier molecular flexibility index (Phi) is 7.15. The molecule has 0 radical (unpaired) electrons. The van der Waals surface area contributed by atoms with E-state index in [2.05, 4.69) is 5.32 Å².